The molecule has 0 aromatic heterocycles. The molecule has 0 bridgehead atoms. The third-order valence-corrected chi connectivity index (χ3v) is 2.49. The Morgan fingerprint density at radius 2 is 1.65 bits per heavy atom. The van der Waals surface area contributed by atoms with Crippen molar-refractivity contribution in [1.29, 1.82) is 0 Å². The van der Waals surface area contributed by atoms with E-state index in [2.05, 4.69) is 4.99 Å². The Labute approximate surface area is 99.7 Å². The Morgan fingerprint density at radius 3 is 2.35 bits per heavy atom. The SMILES string of the molecule is Cc1cccc(O)c1N=Cc1ccccc1O. The fourth-order valence-electron chi connectivity index (χ4n) is 1.54. The molecule has 3 nitrogen and oxygen atoms in total. The lowest BCUT2D eigenvalue weighted by Crippen LogP contribution is -1.82. The molecule has 0 heterocycles. The fourth-order valence-corrected chi connectivity index (χ4v) is 1.54. The van der Waals surface area contributed by atoms with Crippen molar-refractivity contribution in [2.75, 3.05) is 0 Å². The number of para-hydroxylation sites is 2. The minimum absolute atomic E-state index is 0.136. The summed E-state index contributed by atoms with van der Waals surface area (Å²) in [5, 5.41) is 19.2. The van der Waals surface area contributed by atoms with Gasteiger partial charge in [0.25, 0.3) is 0 Å². The number of aryl methyl sites for hydroxylation is 1. The topological polar surface area (TPSA) is 52.8 Å². The first kappa shape index (κ1) is 11.2. The van der Waals surface area contributed by atoms with Crippen LogP contribution >= 0.6 is 0 Å². The van der Waals surface area contributed by atoms with Gasteiger partial charge in [-0.1, -0.05) is 24.3 Å². The molecule has 86 valence electrons. The highest BCUT2D eigenvalue weighted by Crippen LogP contribution is 2.29. The number of rotatable bonds is 2. The molecule has 0 saturated carbocycles. The zero-order chi connectivity index (χ0) is 12.3. The highest BCUT2D eigenvalue weighted by atomic mass is 16.3. The smallest absolute Gasteiger partial charge is 0.141 e. The van der Waals surface area contributed by atoms with E-state index in [1.165, 1.54) is 6.21 Å². The van der Waals surface area contributed by atoms with Gasteiger partial charge >= 0.3 is 0 Å². The van der Waals surface area contributed by atoms with E-state index >= 15 is 0 Å². The van der Waals surface area contributed by atoms with Crippen molar-refractivity contribution < 1.29 is 10.2 Å². The maximum Gasteiger partial charge on any atom is 0.141 e. The maximum absolute atomic E-state index is 9.66. The molecule has 0 aliphatic rings. The molecule has 2 aromatic rings. The second kappa shape index (κ2) is 4.70. The van der Waals surface area contributed by atoms with E-state index in [1.807, 2.05) is 19.1 Å². The first-order valence-corrected chi connectivity index (χ1v) is 5.29. The van der Waals surface area contributed by atoms with Gasteiger partial charge in [0.05, 0.1) is 0 Å². The van der Waals surface area contributed by atoms with E-state index in [0.717, 1.165) is 5.56 Å². The van der Waals surface area contributed by atoms with Crippen LogP contribution in [-0.2, 0) is 0 Å². The molecule has 3 heteroatoms. The molecule has 0 fully saturated rings. The number of aromatic hydroxyl groups is 2. The molecule has 0 spiro atoms. The van der Waals surface area contributed by atoms with Gasteiger partial charge < -0.3 is 10.2 Å². The van der Waals surface area contributed by atoms with Crippen LogP contribution in [0.3, 0.4) is 0 Å². The van der Waals surface area contributed by atoms with E-state index in [4.69, 9.17) is 0 Å². The third kappa shape index (κ3) is 2.45. The predicted octanol–water partition coefficient (Wildman–Crippen LogP) is 3.16. The van der Waals surface area contributed by atoms with Crippen molar-refractivity contribution in [3.05, 3.63) is 53.6 Å². The minimum atomic E-state index is 0.136. The van der Waals surface area contributed by atoms with Crippen LogP contribution in [-0.4, -0.2) is 16.4 Å². The van der Waals surface area contributed by atoms with Crippen molar-refractivity contribution in [3.8, 4) is 11.5 Å². The molecule has 0 saturated heterocycles. The summed E-state index contributed by atoms with van der Waals surface area (Å²) in [6.45, 7) is 1.87. The molecule has 0 aliphatic carbocycles. The van der Waals surface area contributed by atoms with Crippen LogP contribution in [0.5, 0.6) is 11.5 Å². The molecule has 0 amide bonds. The van der Waals surface area contributed by atoms with Crippen molar-refractivity contribution >= 4 is 11.9 Å². The van der Waals surface area contributed by atoms with Gasteiger partial charge in [0.1, 0.15) is 17.2 Å². The van der Waals surface area contributed by atoms with Gasteiger partial charge in [-0.25, -0.2) is 0 Å². The van der Waals surface area contributed by atoms with Crippen LogP contribution in [0.2, 0.25) is 0 Å². The highest BCUT2D eigenvalue weighted by molar-refractivity contribution is 5.86. The van der Waals surface area contributed by atoms with E-state index in [0.29, 0.717) is 11.3 Å². The number of hydrogen-bond acceptors (Lipinski definition) is 3. The van der Waals surface area contributed by atoms with Gasteiger partial charge in [-0.3, -0.25) is 4.99 Å². The summed E-state index contributed by atoms with van der Waals surface area (Å²) < 4.78 is 0. The zero-order valence-corrected chi connectivity index (χ0v) is 9.46. The van der Waals surface area contributed by atoms with Crippen LogP contribution in [0, 0.1) is 6.92 Å². The normalized spacial score (nSPS) is 10.9. The average molecular weight is 227 g/mol. The largest absolute Gasteiger partial charge is 0.507 e. The standard InChI is InChI=1S/C14H13NO2/c1-10-5-4-8-13(17)14(10)15-9-11-6-2-3-7-12(11)16/h2-9,16-17H,1H3. The fraction of sp³-hybridized carbons (Fsp3) is 0.0714. The predicted molar refractivity (Wildman–Crippen MR) is 68.2 cm³/mol. The van der Waals surface area contributed by atoms with Gasteiger partial charge in [-0.15, -0.1) is 0 Å². The Kier molecular flexibility index (Phi) is 3.10. The number of nitrogens with zero attached hydrogens (tertiary/aromatic N) is 1. The summed E-state index contributed by atoms with van der Waals surface area (Å²) in [4.78, 5) is 4.20. The number of hydrogen-bond donors (Lipinski definition) is 2. The number of phenols is 2. The third-order valence-electron chi connectivity index (χ3n) is 2.49. The lowest BCUT2D eigenvalue weighted by atomic mass is 10.2. The van der Waals surface area contributed by atoms with Crippen molar-refractivity contribution in [1.82, 2.24) is 0 Å². The Hall–Kier alpha value is -2.29. The average Bonchev–Trinajstić information content (AvgIpc) is 2.30. The van der Waals surface area contributed by atoms with Crippen LogP contribution in [0.25, 0.3) is 0 Å². The monoisotopic (exact) mass is 227 g/mol. The molecule has 2 aromatic carbocycles. The van der Waals surface area contributed by atoms with Gasteiger partial charge in [-0.2, -0.15) is 0 Å². The molecule has 2 rings (SSSR count). The first-order chi connectivity index (χ1) is 8.18. The summed E-state index contributed by atoms with van der Waals surface area (Å²) in [6.07, 6.45) is 1.54. The summed E-state index contributed by atoms with van der Waals surface area (Å²) >= 11 is 0. The summed E-state index contributed by atoms with van der Waals surface area (Å²) in [5.41, 5.74) is 2.03. The molecule has 0 unspecified atom stereocenters. The number of aliphatic imine (C=N–C) groups is 1. The molecule has 2 N–H and O–H groups in total. The highest BCUT2D eigenvalue weighted by Gasteiger charge is 2.02. The van der Waals surface area contributed by atoms with Crippen molar-refractivity contribution in [2.45, 2.75) is 6.92 Å². The van der Waals surface area contributed by atoms with E-state index in [9.17, 15) is 10.2 Å². The first-order valence-electron chi connectivity index (χ1n) is 5.29. The van der Waals surface area contributed by atoms with E-state index in [1.54, 1.807) is 30.3 Å². The molecular weight excluding hydrogens is 214 g/mol. The molecule has 0 aliphatic heterocycles. The maximum atomic E-state index is 9.66. The minimum Gasteiger partial charge on any atom is -0.507 e. The summed E-state index contributed by atoms with van der Waals surface area (Å²) in [6, 6.07) is 12.1. The van der Waals surface area contributed by atoms with Crippen LogP contribution in [0.1, 0.15) is 11.1 Å². The van der Waals surface area contributed by atoms with Crippen molar-refractivity contribution in [3.63, 3.8) is 0 Å². The Morgan fingerprint density at radius 1 is 0.941 bits per heavy atom. The van der Waals surface area contributed by atoms with Gasteiger partial charge in [0, 0.05) is 11.8 Å². The lowest BCUT2D eigenvalue weighted by molar-refractivity contribution is 0.474. The van der Waals surface area contributed by atoms with Crippen LogP contribution in [0.4, 0.5) is 5.69 Å². The second-order valence-corrected chi connectivity index (χ2v) is 3.76. The number of phenolic OH excluding ortho intramolecular Hbond substituents is 2. The molecule has 17 heavy (non-hydrogen) atoms. The Balaban J connectivity index is 2.36. The van der Waals surface area contributed by atoms with E-state index < -0.39 is 0 Å². The zero-order valence-electron chi connectivity index (χ0n) is 9.46. The second-order valence-electron chi connectivity index (χ2n) is 3.76. The number of benzene rings is 2. The molecular formula is C14H13NO2. The van der Waals surface area contributed by atoms with Gasteiger partial charge in [0.15, 0.2) is 0 Å². The summed E-state index contributed by atoms with van der Waals surface area (Å²) in [5.74, 6) is 0.306. The van der Waals surface area contributed by atoms with Crippen molar-refractivity contribution in [2.24, 2.45) is 4.99 Å². The molecule has 0 atom stereocenters. The quantitative estimate of drug-likeness (QED) is 0.774. The van der Waals surface area contributed by atoms with E-state index in [-0.39, 0.29) is 11.5 Å². The summed E-state index contributed by atoms with van der Waals surface area (Å²) in [7, 11) is 0. The van der Waals surface area contributed by atoms with Crippen LogP contribution in [0.15, 0.2) is 47.5 Å². The molecule has 0 radical (unpaired) electrons. The van der Waals surface area contributed by atoms with Crippen LogP contribution < -0.4 is 0 Å². The van der Waals surface area contributed by atoms with Gasteiger partial charge in [-0.05, 0) is 30.7 Å². The van der Waals surface area contributed by atoms with Gasteiger partial charge in [0.2, 0.25) is 0 Å². The lowest BCUT2D eigenvalue weighted by Gasteiger charge is -2.02. The Bertz CT molecular complexity index is 542.